The summed E-state index contributed by atoms with van der Waals surface area (Å²) in [5, 5.41) is 17.4. The summed E-state index contributed by atoms with van der Waals surface area (Å²) >= 11 is 6.02. The molecule has 0 aliphatic carbocycles. The molecule has 0 aliphatic heterocycles. The normalized spacial score (nSPS) is 14.2. The molecule has 0 saturated heterocycles. The largest absolute Gasteiger partial charge is 0.466 e. The van der Waals surface area contributed by atoms with Crippen LogP contribution >= 0.6 is 11.6 Å². The van der Waals surface area contributed by atoms with Crippen molar-refractivity contribution in [2.75, 3.05) is 14.1 Å². The van der Waals surface area contributed by atoms with Gasteiger partial charge in [0.05, 0.1) is 14.1 Å². The number of hydrogen-bond acceptors (Lipinski definition) is 6. The van der Waals surface area contributed by atoms with Crippen molar-refractivity contribution in [3.63, 3.8) is 0 Å². The number of ether oxygens (including phenoxy) is 1. The number of quaternary nitrogens is 1. The minimum absolute atomic E-state index is 0.241. The molecule has 2 heterocycles. The summed E-state index contributed by atoms with van der Waals surface area (Å²) in [5.74, 6) is 1.46. The highest BCUT2D eigenvalue weighted by atomic mass is 35.5. The number of benzene rings is 1. The van der Waals surface area contributed by atoms with E-state index in [2.05, 4.69) is 60.5 Å². The lowest BCUT2D eigenvalue weighted by Crippen LogP contribution is -3.04. The summed E-state index contributed by atoms with van der Waals surface area (Å²) in [6, 6.07) is 7.00. The molecule has 3 rings (SSSR count). The van der Waals surface area contributed by atoms with Crippen molar-refractivity contribution < 1.29 is 9.64 Å². The van der Waals surface area contributed by atoms with Crippen molar-refractivity contribution in [3.8, 4) is 5.75 Å². The van der Waals surface area contributed by atoms with E-state index in [9.17, 15) is 0 Å². The predicted molar refractivity (Wildman–Crippen MR) is 104 cm³/mol. The molecule has 0 aliphatic rings. The summed E-state index contributed by atoms with van der Waals surface area (Å²) in [6.45, 7) is 7.06. The Morgan fingerprint density at radius 3 is 2.46 bits per heavy atom. The maximum atomic E-state index is 6.36. The number of tetrazole rings is 1. The van der Waals surface area contributed by atoms with Crippen molar-refractivity contribution in [1.82, 2.24) is 35.0 Å². The van der Waals surface area contributed by atoms with Crippen LogP contribution in [0.4, 0.5) is 0 Å². The Morgan fingerprint density at radius 2 is 1.89 bits per heavy atom. The zero-order valence-corrected chi connectivity index (χ0v) is 17.5. The zero-order chi connectivity index (χ0) is 20.3. The third kappa shape index (κ3) is 4.66. The number of hydrogen-bond donors (Lipinski definition) is 1. The third-order valence-electron chi connectivity index (χ3n) is 4.26. The lowest BCUT2D eigenvalue weighted by Gasteiger charge is -2.36. The van der Waals surface area contributed by atoms with Gasteiger partial charge in [0.2, 0.25) is 12.1 Å². The van der Waals surface area contributed by atoms with E-state index in [1.807, 2.05) is 16.8 Å². The lowest BCUT2D eigenvalue weighted by molar-refractivity contribution is -0.873. The Labute approximate surface area is 169 Å². The second kappa shape index (κ2) is 8.24. The van der Waals surface area contributed by atoms with E-state index in [0.717, 1.165) is 5.82 Å². The number of nitrogens with zero attached hydrogens (tertiary/aromatic N) is 7. The average molecular weight is 406 g/mol. The van der Waals surface area contributed by atoms with Crippen LogP contribution in [0, 0.1) is 5.41 Å². The van der Waals surface area contributed by atoms with E-state index >= 15 is 0 Å². The second-order valence-corrected chi connectivity index (χ2v) is 8.51. The average Bonchev–Trinajstić information content (AvgIpc) is 3.27. The molecular weight excluding hydrogens is 380 g/mol. The van der Waals surface area contributed by atoms with Crippen molar-refractivity contribution in [3.05, 3.63) is 47.8 Å². The first-order valence-electron chi connectivity index (χ1n) is 9.08. The van der Waals surface area contributed by atoms with Gasteiger partial charge in [-0.1, -0.05) is 32.4 Å². The summed E-state index contributed by atoms with van der Waals surface area (Å²) in [4.78, 5) is 5.32. The van der Waals surface area contributed by atoms with Gasteiger partial charge in [-0.3, -0.25) is 0 Å². The smallest absolute Gasteiger partial charge is 0.215 e. The summed E-state index contributed by atoms with van der Waals surface area (Å²) in [7, 11) is 4.12. The standard InChI is InChI=1S/C18H25ClN8O/c1-18(2,3)16(27-15(10-25(4)5)22-23-24-27)17(26-12-20-11-21-26)28-14-8-6-13(19)7-9-14/h6-9,11-12,16-17H,10H2,1-5H3/p+1/t16-,17+/m1/s1. The number of halogens is 1. The van der Waals surface area contributed by atoms with Crippen molar-refractivity contribution >= 4 is 11.6 Å². The van der Waals surface area contributed by atoms with Crippen LogP contribution in [-0.2, 0) is 6.54 Å². The van der Waals surface area contributed by atoms with E-state index < -0.39 is 6.23 Å². The minimum Gasteiger partial charge on any atom is -0.466 e. The molecule has 3 aromatic rings. The molecule has 2 atom stereocenters. The topological polar surface area (TPSA) is 88.0 Å². The van der Waals surface area contributed by atoms with Crippen LogP contribution in [0.3, 0.4) is 0 Å². The van der Waals surface area contributed by atoms with Gasteiger partial charge in [0.1, 0.15) is 31.0 Å². The Kier molecular flexibility index (Phi) is 5.95. The summed E-state index contributed by atoms with van der Waals surface area (Å²) in [6.07, 6.45) is 2.62. The van der Waals surface area contributed by atoms with Gasteiger partial charge in [-0.25, -0.2) is 14.3 Å². The molecule has 0 saturated carbocycles. The van der Waals surface area contributed by atoms with Crippen LogP contribution in [0.1, 0.15) is 38.9 Å². The highest BCUT2D eigenvalue weighted by molar-refractivity contribution is 6.30. The molecule has 0 spiro atoms. The summed E-state index contributed by atoms with van der Waals surface area (Å²) in [5.41, 5.74) is -0.241. The highest BCUT2D eigenvalue weighted by Gasteiger charge is 2.40. The molecule has 0 fully saturated rings. The van der Waals surface area contributed by atoms with Gasteiger partial charge in [-0.2, -0.15) is 5.10 Å². The van der Waals surface area contributed by atoms with E-state index in [1.54, 1.807) is 23.1 Å². The lowest BCUT2D eigenvalue weighted by atomic mass is 9.85. The molecule has 0 radical (unpaired) electrons. The van der Waals surface area contributed by atoms with Crippen molar-refractivity contribution in [2.45, 2.75) is 39.6 Å². The molecule has 1 aromatic carbocycles. The van der Waals surface area contributed by atoms with Crippen LogP contribution in [0.25, 0.3) is 0 Å². The fraction of sp³-hybridized carbons (Fsp3) is 0.500. The van der Waals surface area contributed by atoms with Crippen molar-refractivity contribution in [1.29, 1.82) is 0 Å². The van der Waals surface area contributed by atoms with Gasteiger partial charge in [0.25, 0.3) is 0 Å². The Balaban J connectivity index is 2.05. The van der Waals surface area contributed by atoms with Gasteiger partial charge >= 0.3 is 0 Å². The molecule has 1 N–H and O–H groups in total. The number of rotatable bonds is 7. The minimum atomic E-state index is -0.511. The zero-order valence-electron chi connectivity index (χ0n) is 16.7. The van der Waals surface area contributed by atoms with Crippen LogP contribution < -0.4 is 9.64 Å². The molecule has 0 bridgehead atoms. The van der Waals surface area contributed by atoms with E-state index in [-0.39, 0.29) is 11.5 Å². The molecule has 150 valence electrons. The monoisotopic (exact) mass is 405 g/mol. The van der Waals surface area contributed by atoms with Gasteiger partial charge in [-0.05, 0) is 40.1 Å². The van der Waals surface area contributed by atoms with Crippen LogP contribution in [0.15, 0.2) is 36.9 Å². The summed E-state index contributed by atoms with van der Waals surface area (Å²) < 4.78 is 9.90. The molecular formula is C18H26ClN8O+. The molecule has 0 amide bonds. The van der Waals surface area contributed by atoms with Gasteiger partial charge < -0.3 is 9.64 Å². The van der Waals surface area contributed by atoms with Crippen LogP contribution in [-0.4, -0.2) is 49.1 Å². The van der Waals surface area contributed by atoms with Gasteiger partial charge in [0, 0.05) is 5.02 Å². The quantitative estimate of drug-likeness (QED) is 0.639. The van der Waals surface area contributed by atoms with E-state index in [1.165, 1.54) is 11.2 Å². The van der Waals surface area contributed by atoms with E-state index in [0.29, 0.717) is 17.3 Å². The predicted octanol–water partition coefficient (Wildman–Crippen LogP) is 1.43. The fourth-order valence-electron chi connectivity index (χ4n) is 3.04. The molecule has 0 unspecified atom stereocenters. The van der Waals surface area contributed by atoms with Crippen molar-refractivity contribution in [2.24, 2.45) is 5.41 Å². The SMILES string of the molecule is C[NH+](C)Cc1nnnn1[C@H]([C@H](Oc1ccc(Cl)cc1)n1cncn1)C(C)(C)C. The molecule has 9 nitrogen and oxygen atoms in total. The molecule has 10 heteroatoms. The number of aromatic nitrogens is 7. The Bertz CT molecular complexity index is 870. The van der Waals surface area contributed by atoms with E-state index in [4.69, 9.17) is 16.3 Å². The van der Waals surface area contributed by atoms with Crippen LogP contribution in [0.2, 0.25) is 5.02 Å². The molecule has 28 heavy (non-hydrogen) atoms. The maximum absolute atomic E-state index is 6.36. The Morgan fingerprint density at radius 1 is 1.18 bits per heavy atom. The first-order valence-corrected chi connectivity index (χ1v) is 9.45. The van der Waals surface area contributed by atoms with Gasteiger partial charge in [-0.15, -0.1) is 5.10 Å². The maximum Gasteiger partial charge on any atom is 0.215 e. The first kappa shape index (κ1) is 20.2. The fourth-order valence-corrected chi connectivity index (χ4v) is 3.17. The first-order chi connectivity index (χ1) is 13.3. The Hall–Kier alpha value is -2.52. The van der Waals surface area contributed by atoms with Gasteiger partial charge in [0.15, 0.2) is 0 Å². The van der Waals surface area contributed by atoms with Crippen LogP contribution in [0.5, 0.6) is 5.75 Å². The second-order valence-electron chi connectivity index (χ2n) is 8.07. The third-order valence-corrected chi connectivity index (χ3v) is 4.51. The highest BCUT2D eigenvalue weighted by Crippen LogP contribution is 2.40. The number of nitrogens with one attached hydrogen (secondary N) is 1. The molecule has 2 aromatic heterocycles.